The van der Waals surface area contributed by atoms with Crippen LogP contribution in [-0.4, -0.2) is 20.2 Å². The zero-order valence-electron chi connectivity index (χ0n) is 11.1. The van der Waals surface area contributed by atoms with Crippen LogP contribution in [-0.2, 0) is 0 Å². The summed E-state index contributed by atoms with van der Waals surface area (Å²) in [7, 11) is 0. The highest BCUT2D eigenvalue weighted by Crippen LogP contribution is 2.27. The van der Waals surface area contributed by atoms with E-state index in [2.05, 4.69) is 31.5 Å². The molecule has 0 amide bonds. The number of aromatic nitrogens is 4. The Morgan fingerprint density at radius 3 is 2.81 bits per heavy atom. The summed E-state index contributed by atoms with van der Waals surface area (Å²) in [4.78, 5) is 0. The zero-order chi connectivity index (χ0) is 15.0. The first-order valence-electron chi connectivity index (χ1n) is 6.16. The van der Waals surface area contributed by atoms with Crippen LogP contribution in [0.4, 0.5) is 10.1 Å². The molecular weight excluding hydrogens is 337 g/mol. The van der Waals surface area contributed by atoms with Gasteiger partial charge in [0, 0.05) is 21.3 Å². The number of benzene rings is 2. The lowest BCUT2D eigenvalue weighted by Crippen LogP contribution is -2.03. The third-order valence-electron chi connectivity index (χ3n) is 3.12. The Bertz CT molecular complexity index is 795. The topological polar surface area (TPSA) is 69.6 Å². The maximum Gasteiger partial charge on any atom is 0.187 e. The molecule has 0 saturated carbocycles. The van der Waals surface area contributed by atoms with E-state index in [-0.39, 0.29) is 5.82 Å². The maximum atomic E-state index is 13.7. The minimum absolute atomic E-state index is 0.303. The number of rotatable bonds is 2. The Morgan fingerprint density at radius 2 is 2.05 bits per heavy atom. The van der Waals surface area contributed by atoms with Crippen molar-refractivity contribution in [2.45, 2.75) is 6.92 Å². The number of nitrogens with zero attached hydrogens (tertiary/aromatic N) is 4. The molecule has 0 radical (unpaired) electrons. The van der Waals surface area contributed by atoms with Crippen LogP contribution >= 0.6 is 15.9 Å². The molecule has 2 N–H and O–H groups in total. The van der Waals surface area contributed by atoms with E-state index in [0.29, 0.717) is 22.8 Å². The van der Waals surface area contributed by atoms with Gasteiger partial charge in [0.1, 0.15) is 5.82 Å². The van der Waals surface area contributed by atoms with Crippen molar-refractivity contribution >= 4 is 21.6 Å². The minimum atomic E-state index is -0.303. The quantitative estimate of drug-likeness (QED) is 0.723. The van der Waals surface area contributed by atoms with Gasteiger partial charge in [0.05, 0.1) is 5.69 Å². The molecule has 1 aromatic heterocycles. The lowest BCUT2D eigenvalue weighted by Gasteiger charge is -2.09. The number of halogens is 2. The van der Waals surface area contributed by atoms with Crippen molar-refractivity contribution < 1.29 is 4.39 Å². The van der Waals surface area contributed by atoms with Crippen molar-refractivity contribution in [2.24, 2.45) is 0 Å². The van der Waals surface area contributed by atoms with Crippen LogP contribution in [0.2, 0.25) is 0 Å². The molecule has 21 heavy (non-hydrogen) atoms. The van der Waals surface area contributed by atoms with Crippen molar-refractivity contribution in [3.8, 4) is 17.1 Å². The molecule has 0 aliphatic heterocycles. The van der Waals surface area contributed by atoms with Crippen LogP contribution in [0.15, 0.2) is 40.9 Å². The number of nitrogens with two attached hydrogens (primary N) is 1. The van der Waals surface area contributed by atoms with Gasteiger partial charge in [-0.15, -0.1) is 5.10 Å². The van der Waals surface area contributed by atoms with Crippen molar-refractivity contribution in [3.05, 3.63) is 52.3 Å². The lowest BCUT2D eigenvalue weighted by atomic mass is 10.1. The molecular formula is C14H11BrFN5. The fourth-order valence-electron chi connectivity index (χ4n) is 2.10. The Morgan fingerprint density at radius 1 is 1.24 bits per heavy atom. The molecule has 0 spiro atoms. The number of hydrogen-bond donors (Lipinski definition) is 1. The smallest absolute Gasteiger partial charge is 0.187 e. The zero-order valence-corrected chi connectivity index (χ0v) is 12.7. The maximum absolute atomic E-state index is 13.7. The van der Waals surface area contributed by atoms with Gasteiger partial charge in [0.2, 0.25) is 0 Å². The van der Waals surface area contributed by atoms with Gasteiger partial charge in [0.15, 0.2) is 5.82 Å². The molecule has 106 valence electrons. The second-order valence-electron chi connectivity index (χ2n) is 4.57. The summed E-state index contributed by atoms with van der Waals surface area (Å²) in [5, 5.41) is 11.7. The molecule has 3 aromatic rings. The first-order chi connectivity index (χ1) is 10.1. The highest BCUT2D eigenvalue weighted by Gasteiger charge is 2.14. The molecule has 1 heterocycles. The largest absolute Gasteiger partial charge is 0.399 e. The first-order valence-corrected chi connectivity index (χ1v) is 6.96. The fraction of sp³-hybridized carbons (Fsp3) is 0.0714. The molecule has 0 fully saturated rings. The Labute approximate surface area is 128 Å². The third kappa shape index (κ3) is 2.52. The Kier molecular flexibility index (Phi) is 3.42. The second-order valence-corrected chi connectivity index (χ2v) is 5.49. The Hall–Kier alpha value is -2.28. The predicted octanol–water partition coefficient (Wildman–Crippen LogP) is 3.12. The number of tetrazole rings is 1. The molecule has 0 bridgehead atoms. The van der Waals surface area contributed by atoms with Gasteiger partial charge in [-0.1, -0.05) is 22.0 Å². The minimum Gasteiger partial charge on any atom is -0.399 e. The van der Waals surface area contributed by atoms with Crippen molar-refractivity contribution in [1.29, 1.82) is 0 Å². The van der Waals surface area contributed by atoms with Crippen LogP contribution < -0.4 is 5.73 Å². The van der Waals surface area contributed by atoms with Gasteiger partial charge in [-0.25, -0.2) is 4.39 Å². The summed E-state index contributed by atoms with van der Waals surface area (Å²) in [6, 6.07) is 10.2. The SMILES string of the molecule is Cc1c(F)cccc1-n1nnnc1-c1cc(N)cc(Br)c1. The summed E-state index contributed by atoms with van der Waals surface area (Å²) in [6.45, 7) is 1.69. The van der Waals surface area contributed by atoms with E-state index in [1.165, 1.54) is 10.7 Å². The van der Waals surface area contributed by atoms with Crippen LogP contribution in [0.3, 0.4) is 0 Å². The van der Waals surface area contributed by atoms with Gasteiger partial charge in [-0.2, -0.15) is 4.68 Å². The molecule has 3 rings (SSSR count). The molecule has 0 unspecified atom stereocenters. The van der Waals surface area contributed by atoms with Crippen molar-refractivity contribution in [1.82, 2.24) is 20.2 Å². The molecule has 0 atom stereocenters. The van der Waals surface area contributed by atoms with E-state index >= 15 is 0 Å². The van der Waals surface area contributed by atoms with E-state index in [0.717, 1.165) is 10.0 Å². The number of hydrogen-bond acceptors (Lipinski definition) is 4. The van der Waals surface area contributed by atoms with Crippen LogP contribution in [0, 0.1) is 12.7 Å². The number of nitrogen functional groups attached to an aromatic ring is 1. The average Bonchev–Trinajstić information content (AvgIpc) is 2.90. The summed E-state index contributed by atoms with van der Waals surface area (Å²) < 4.78 is 16.0. The first kappa shape index (κ1) is 13.7. The van der Waals surface area contributed by atoms with Gasteiger partial charge in [-0.3, -0.25) is 0 Å². The van der Waals surface area contributed by atoms with E-state index in [4.69, 9.17) is 5.73 Å². The highest BCUT2D eigenvalue weighted by atomic mass is 79.9. The van der Waals surface area contributed by atoms with E-state index in [1.807, 2.05) is 6.07 Å². The molecule has 0 aliphatic rings. The van der Waals surface area contributed by atoms with E-state index in [9.17, 15) is 4.39 Å². The standard InChI is InChI=1S/C14H11BrFN5/c1-8-12(16)3-2-4-13(8)21-14(18-19-20-21)9-5-10(15)7-11(17)6-9/h2-7H,17H2,1H3. The Balaban J connectivity index is 2.19. The van der Waals surface area contributed by atoms with Crippen LogP contribution in [0.25, 0.3) is 17.1 Å². The summed E-state index contributed by atoms with van der Waals surface area (Å²) in [5.41, 5.74) is 8.25. The molecule has 7 heteroatoms. The average molecular weight is 348 g/mol. The monoisotopic (exact) mass is 347 g/mol. The molecule has 0 saturated heterocycles. The summed E-state index contributed by atoms with van der Waals surface area (Å²) in [6.07, 6.45) is 0. The lowest BCUT2D eigenvalue weighted by molar-refractivity contribution is 0.614. The highest BCUT2D eigenvalue weighted by molar-refractivity contribution is 9.10. The van der Waals surface area contributed by atoms with Gasteiger partial charge in [-0.05, 0) is 47.7 Å². The van der Waals surface area contributed by atoms with Crippen LogP contribution in [0.5, 0.6) is 0 Å². The van der Waals surface area contributed by atoms with Crippen molar-refractivity contribution in [2.75, 3.05) is 5.73 Å². The fourth-order valence-corrected chi connectivity index (χ4v) is 2.61. The summed E-state index contributed by atoms with van der Waals surface area (Å²) >= 11 is 3.39. The third-order valence-corrected chi connectivity index (χ3v) is 3.57. The summed E-state index contributed by atoms with van der Waals surface area (Å²) in [5.74, 6) is 0.194. The molecule has 2 aromatic carbocycles. The van der Waals surface area contributed by atoms with Gasteiger partial charge >= 0.3 is 0 Å². The normalized spacial score (nSPS) is 10.8. The molecule has 0 aliphatic carbocycles. The number of anilines is 1. The molecule has 5 nitrogen and oxygen atoms in total. The van der Waals surface area contributed by atoms with Crippen LogP contribution in [0.1, 0.15) is 5.56 Å². The van der Waals surface area contributed by atoms with Gasteiger partial charge < -0.3 is 5.73 Å². The predicted molar refractivity (Wildman–Crippen MR) is 81.4 cm³/mol. The van der Waals surface area contributed by atoms with Crippen molar-refractivity contribution in [3.63, 3.8) is 0 Å². The van der Waals surface area contributed by atoms with Gasteiger partial charge in [0.25, 0.3) is 0 Å². The van der Waals surface area contributed by atoms with E-state index in [1.54, 1.807) is 31.2 Å². The van der Waals surface area contributed by atoms with E-state index < -0.39 is 0 Å². The second kappa shape index (κ2) is 5.25.